The van der Waals surface area contributed by atoms with E-state index in [9.17, 15) is 9.59 Å². The van der Waals surface area contributed by atoms with Crippen LogP contribution in [0.3, 0.4) is 0 Å². The number of nitrogens with one attached hydrogen (secondary N) is 2. The molecule has 2 N–H and O–H groups in total. The Kier molecular flexibility index (Phi) is 5.14. The molecule has 4 nitrogen and oxygen atoms in total. The minimum absolute atomic E-state index is 0.0356. The van der Waals surface area contributed by atoms with Gasteiger partial charge in [-0.3, -0.25) is 9.59 Å². The summed E-state index contributed by atoms with van der Waals surface area (Å²) in [5.41, 5.74) is 2.20. The molecule has 1 saturated carbocycles. The molecule has 0 aliphatic heterocycles. The summed E-state index contributed by atoms with van der Waals surface area (Å²) in [5, 5.41) is 5.81. The summed E-state index contributed by atoms with van der Waals surface area (Å²) in [6.07, 6.45) is 7.01. The maximum absolute atomic E-state index is 12.2. The lowest BCUT2D eigenvalue weighted by Crippen LogP contribution is -2.36. The molecule has 0 unspecified atom stereocenters. The normalized spacial score (nSPS) is 15.3. The maximum atomic E-state index is 12.2. The van der Waals surface area contributed by atoms with Crippen LogP contribution >= 0.6 is 0 Å². The highest BCUT2D eigenvalue weighted by atomic mass is 16.2. The van der Waals surface area contributed by atoms with E-state index in [1.165, 1.54) is 25.3 Å². The predicted octanol–water partition coefficient (Wildman–Crippen LogP) is 3.18. The van der Waals surface area contributed by atoms with Gasteiger partial charge < -0.3 is 10.6 Å². The van der Waals surface area contributed by atoms with Crippen molar-refractivity contribution in [3.8, 4) is 0 Å². The molecule has 0 saturated heterocycles. The zero-order chi connectivity index (χ0) is 15.2. The number of anilines is 1. The van der Waals surface area contributed by atoms with Gasteiger partial charge in [0.2, 0.25) is 5.91 Å². The molecule has 4 heteroatoms. The first-order valence-corrected chi connectivity index (χ1v) is 7.45. The molecule has 112 valence electrons. The molecule has 1 aliphatic rings. The third-order valence-corrected chi connectivity index (χ3v) is 3.87. The second-order valence-electron chi connectivity index (χ2n) is 5.53. The molecule has 1 aliphatic carbocycles. The Morgan fingerprint density at radius 1 is 1.24 bits per heavy atom. The van der Waals surface area contributed by atoms with Crippen molar-refractivity contribution in [1.82, 2.24) is 5.32 Å². The second-order valence-corrected chi connectivity index (χ2v) is 5.53. The molecule has 1 aromatic rings. The Labute approximate surface area is 125 Å². The Hall–Kier alpha value is -2.10. The minimum atomic E-state index is -0.252. The summed E-state index contributed by atoms with van der Waals surface area (Å²) in [6.45, 7) is 5.29. The van der Waals surface area contributed by atoms with Gasteiger partial charge in [-0.2, -0.15) is 0 Å². The fraction of sp³-hybridized carbons (Fsp3) is 0.412. The van der Waals surface area contributed by atoms with Crippen LogP contribution < -0.4 is 10.6 Å². The number of aryl methyl sites for hydroxylation is 1. The molecule has 2 rings (SSSR count). The van der Waals surface area contributed by atoms with Crippen molar-refractivity contribution in [2.45, 2.75) is 45.1 Å². The van der Waals surface area contributed by atoms with Crippen molar-refractivity contribution in [2.24, 2.45) is 0 Å². The molecule has 2 amide bonds. The molecule has 0 aromatic heterocycles. The van der Waals surface area contributed by atoms with Crippen LogP contribution in [0.1, 0.15) is 48.0 Å². The number of hydrogen-bond acceptors (Lipinski definition) is 2. The van der Waals surface area contributed by atoms with E-state index < -0.39 is 0 Å². The monoisotopic (exact) mass is 286 g/mol. The summed E-state index contributed by atoms with van der Waals surface area (Å²) in [4.78, 5) is 23.5. The first-order chi connectivity index (χ1) is 10.1. The minimum Gasteiger partial charge on any atom is -0.349 e. The van der Waals surface area contributed by atoms with Gasteiger partial charge in [-0.25, -0.2) is 0 Å². The molecule has 0 radical (unpaired) electrons. The van der Waals surface area contributed by atoms with Crippen molar-refractivity contribution in [2.75, 3.05) is 5.32 Å². The quantitative estimate of drug-likeness (QED) is 0.835. The highest BCUT2D eigenvalue weighted by Crippen LogP contribution is 2.19. The van der Waals surface area contributed by atoms with Gasteiger partial charge in [0.25, 0.3) is 5.91 Å². The smallest absolute Gasteiger partial charge is 0.251 e. The van der Waals surface area contributed by atoms with Gasteiger partial charge in [0.1, 0.15) is 0 Å². The summed E-state index contributed by atoms with van der Waals surface area (Å²) in [5.74, 6) is -0.288. The Morgan fingerprint density at radius 2 is 1.95 bits per heavy atom. The van der Waals surface area contributed by atoms with E-state index >= 15 is 0 Å². The van der Waals surface area contributed by atoms with Crippen LogP contribution in [0.15, 0.2) is 30.9 Å². The van der Waals surface area contributed by atoms with Crippen LogP contribution in [0.25, 0.3) is 0 Å². The number of hydrogen-bond donors (Lipinski definition) is 2. The van der Waals surface area contributed by atoms with Crippen molar-refractivity contribution in [1.29, 1.82) is 0 Å². The lowest BCUT2D eigenvalue weighted by atomic mass is 9.95. The predicted molar refractivity (Wildman–Crippen MR) is 84.3 cm³/mol. The number of amides is 2. The Morgan fingerprint density at radius 3 is 2.57 bits per heavy atom. The average Bonchev–Trinajstić information content (AvgIpc) is 2.50. The lowest BCUT2D eigenvalue weighted by molar-refractivity contribution is -0.111. The molecular formula is C17H22N2O2. The van der Waals surface area contributed by atoms with Gasteiger partial charge in [-0.1, -0.05) is 25.8 Å². The lowest BCUT2D eigenvalue weighted by Gasteiger charge is -2.23. The number of benzene rings is 1. The van der Waals surface area contributed by atoms with E-state index in [1.807, 2.05) is 6.92 Å². The molecule has 0 atom stereocenters. The van der Waals surface area contributed by atoms with E-state index in [1.54, 1.807) is 18.2 Å². The van der Waals surface area contributed by atoms with Gasteiger partial charge in [-0.05, 0) is 49.6 Å². The van der Waals surface area contributed by atoms with Crippen LogP contribution in [-0.4, -0.2) is 17.9 Å². The fourth-order valence-corrected chi connectivity index (χ4v) is 2.64. The van der Waals surface area contributed by atoms with Crippen LogP contribution in [0, 0.1) is 6.92 Å². The Bertz CT molecular complexity index is 546. The third kappa shape index (κ3) is 4.18. The average molecular weight is 286 g/mol. The highest BCUT2D eigenvalue weighted by Gasteiger charge is 2.17. The Balaban J connectivity index is 2.02. The summed E-state index contributed by atoms with van der Waals surface area (Å²) >= 11 is 0. The summed E-state index contributed by atoms with van der Waals surface area (Å²) < 4.78 is 0. The second kappa shape index (κ2) is 7.07. The van der Waals surface area contributed by atoms with E-state index in [4.69, 9.17) is 0 Å². The highest BCUT2D eigenvalue weighted by molar-refractivity contribution is 6.00. The van der Waals surface area contributed by atoms with Crippen LogP contribution in [0.2, 0.25) is 0 Å². The zero-order valence-corrected chi connectivity index (χ0v) is 12.4. The molecule has 0 bridgehead atoms. The van der Waals surface area contributed by atoms with Crippen LogP contribution in [0.4, 0.5) is 5.69 Å². The standard InChI is InChI=1S/C17H22N2O2/c1-3-16(20)19-15-10-9-13(11-12(15)2)17(21)18-14-7-5-4-6-8-14/h3,9-11,14H,1,4-8H2,2H3,(H,18,21)(H,19,20). The summed E-state index contributed by atoms with van der Waals surface area (Å²) in [6, 6.07) is 5.60. The van der Waals surface area contributed by atoms with Crippen molar-refractivity contribution >= 4 is 17.5 Å². The largest absolute Gasteiger partial charge is 0.349 e. The topological polar surface area (TPSA) is 58.2 Å². The van der Waals surface area contributed by atoms with Crippen molar-refractivity contribution in [3.63, 3.8) is 0 Å². The van der Waals surface area contributed by atoms with E-state index in [0.29, 0.717) is 17.3 Å². The molecule has 0 heterocycles. The molecule has 21 heavy (non-hydrogen) atoms. The third-order valence-electron chi connectivity index (χ3n) is 3.87. The van der Waals surface area contributed by atoms with Gasteiger partial charge >= 0.3 is 0 Å². The van der Waals surface area contributed by atoms with Gasteiger partial charge in [0, 0.05) is 17.3 Å². The zero-order valence-electron chi connectivity index (χ0n) is 12.4. The van der Waals surface area contributed by atoms with Gasteiger partial charge in [0.05, 0.1) is 0 Å². The SMILES string of the molecule is C=CC(=O)Nc1ccc(C(=O)NC2CCCCC2)cc1C. The first kappa shape index (κ1) is 15.3. The van der Waals surface area contributed by atoms with Crippen LogP contribution in [0.5, 0.6) is 0 Å². The number of carbonyl (C=O) groups is 2. The molecule has 1 fully saturated rings. The number of carbonyl (C=O) groups excluding carboxylic acids is 2. The van der Waals surface area contributed by atoms with E-state index in [2.05, 4.69) is 17.2 Å². The maximum Gasteiger partial charge on any atom is 0.251 e. The summed E-state index contributed by atoms with van der Waals surface area (Å²) in [7, 11) is 0. The van der Waals surface area contributed by atoms with E-state index in [-0.39, 0.29) is 11.8 Å². The van der Waals surface area contributed by atoms with Gasteiger partial charge in [0.15, 0.2) is 0 Å². The molecule has 0 spiro atoms. The van der Waals surface area contributed by atoms with Crippen molar-refractivity contribution in [3.05, 3.63) is 42.0 Å². The number of rotatable bonds is 4. The fourth-order valence-electron chi connectivity index (χ4n) is 2.64. The molecular weight excluding hydrogens is 264 g/mol. The van der Waals surface area contributed by atoms with E-state index in [0.717, 1.165) is 18.4 Å². The van der Waals surface area contributed by atoms with Gasteiger partial charge in [-0.15, -0.1) is 0 Å². The molecule has 1 aromatic carbocycles. The first-order valence-electron chi connectivity index (χ1n) is 7.45. The van der Waals surface area contributed by atoms with Crippen molar-refractivity contribution < 1.29 is 9.59 Å². The van der Waals surface area contributed by atoms with Crippen LogP contribution in [-0.2, 0) is 4.79 Å².